The van der Waals surface area contributed by atoms with E-state index in [0.717, 1.165) is 0 Å². The van der Waals surface area contributed by atoms with Gasteiger partial charge in [0.2, 0.25) is 0 Å². The maximum Gasteiger partial charge on any atom is 0 e. The summed E-state index contributed by atoms with van der Waals surface area (Å²) in [5.41, 5.74) is 3.95. The average Bonchev–Trinajstić information content (AvgIpc) is 2.70. The molecule has 3 rings (SSSR count). The first-order valence-corrected chi connectivity index (χ1v) is 5.56. The van der Waals surface area contributed by atoms with Gasteiger partial charge in [-0.1, -0.05) is 48.9 Å². The van der Waals surface area contributed by atoms with Crippen LogP contribution >= 0.6 is 0 Å². The molecule has 0 bridgehead atoms. The summed E-state index contributed by atoms with van der Waals surface area (Å²) in [5, 5.41) is 2.69. The van der Waals surface area contributed by atoms with Crippen LogP contribution in [-0.4, -0.2) is 0 Å². The Labute approximate surface area is 145 Å². The Bertz CT molecular complexity index is 630. The van der Waals surface area contributed by atoms with Crippen LogP contribution in [0, 0.1) is 6.92 Å². The van der Waals surface area contributed by atoms with E-state index in [9.17, 15) is 0 Å². The van der Waals surface area contributed by atoms with Crippen LogP contribution < -0.4 is 24.8 Å². The standard InChI is InChI=1S/C16H13.2ClH.Hf/c1-12-10-14-8-5-9-15(16(14)11-12)13-6-3-2-4-7-13;;;/h2-11H,1H3;2*1H;/q-1;;;/p-2. The summed E-state index contributed by atoms with van der Waals surface area (Å²) in [5.74, 6) is 0. The zero-order chi connectivity index (χ0) is 11.0. The molecular weight excluding hydrogens is 442 g/mol. The molecule has 98 valence electrons. The summed E-state index contributed by atoms with van der Waals surface area (Å²) in [6.07, 6.45) is 0. The molecule has 3 aromatic rings. The smallest absolute Gasteiger partial charge is 0 e. The molecule has 0 atom stereocenters. The summed E-state index contributed by atoms with van der Waals surface area (Å²) in [6.45, 7) is 2.15. The quantitative estimate of drug-likeness (QED) is 0.312. The Balaban J connectivity index is 0.00000108. The molecule has 0 aliphatic heterocycles. The fourth-order valence-corrected chi connectivity index (χ4v) is 2.25. The first kappa shape index (κ1) is 18.5. The van der Waals surface area contributed by atoms with Crippen molar-refractivity contribution in [2.24, 2.45) is 0 Å². The average molecular weight is 455 g/mol. The Kier molecular flexibility index (Phi) is 7.73. The number of fused-ring (bicyclic) bond motifs is 1. The summed E-state index contributed by atoms with van der Waals surface area (Å²) < 4.78 is 0. The molecule has 0 heterocycles. The van der Waals surface area contributed by atoms with Crippen LogP contribution in [0.15, 0.2) is 60.7 Å². The zero-order valence-electron chi connectivity index (χ0n) is 10.5. The van der Waals surface area contributed by atoms with Crippen LogP contribution in [0.1, 0.15) is 5.56 Å². The molecule has 0 saturated carbocycles. The molecular formula is C16H13Cl2Hf-3. The predicted octanol–water partition coefficient (Wildman–Crippen LogP) is -1.46. The summed E-state index contributed by atoms with van der Waals surface area (Å²) >= 11 is 0. The zero-order valence-corrected chi connectivity index (χ0v) is 15.6. The molecule has 0 saturated heterocycles. The van der Waals surface area contributed by atoms with E-state index in [1.807, 2.05) is 0 Å². The number of hydrogen-bond acceptors (Lipinski definition) is 0. The molecule has 0 amide bonds. The molecule has 0 nitrogen and oxygen atoms in total. The van der Waals surface area contributed by atoms with Crippen LogP contribution in [-0.2, 0) is 25.8 Å². The van der Waals surface area contributed by atoms with Crippen LogP contribution in [0.4, 0.5) is 0 Å². The maximum atomic E-state index is 2.26. The van der Waals surface area contributed by atoms with Crippen molar-refractivity contribution in [3.63, 3.8) is 0 Å². The minimum atomic E-state index is 0. The summed E-state index contributed by atoms with van der Waals surface area (Å²) in [4.78, 5) is 0. The molecule has 0 unspecified atom stereocenters. The number of benzene rings is 2. The normalized spacial score (nSPS) is 9.11. The van der Waals surface area contributed by atoms with Crippen molar-refractivity contribution < 1.29 is 50.7 Å². The van der Waals surface area contributed by atoms with Gasteiger partial charge in [-0.2, -0.15) is 6.07 Å². The number of hydrogen-bond donors (Lipinski definition) is 0. The third kappa shape index (κ3) is 3.75. The topological polar surface area (TPSA) is 0 Å². The molecule has 3 heteroatoms. The van der Waals surface area contributed by atoms with Crippen molar-refractivity contribution >= 4 is 10.8 Å². The summed E-state index contributed by atoms with van der Waals surface area (Å²) in [7, 11) is 0. The number of halogens is 2. The monoisotopic (exact) mass is 455 g/mol. The van der Waals surface area contributed by atoms with Gasteiger partial charge in [0, 0.05) is 25.8 Å². The second kappa shape index (κ2) is 7.94. The van der Waals surface area contributed by atoms with Crippen molar-refractivity contribution in [1.29, 1.82) is 0 Å². The minimum Gasteiger partial charge on any atom is -1.00 e. The van der Waals surface area contributed by atoms with E-state index < -0.39 is 0 Å². The molecule has 19 heavy (non-hydrogen) atoms. The first-order chi connectivity index (χ1) is 7.84. The van der Waals surface area contributed by atoms with Crippen molar-refractivity contribution in [1.82, 2.24) is 0 Å². The van der Waals surface area contributed by atoms with Crippen LogP contribution in [0.3, 0.4) is 0 Å². The second-order valence-electron chi connectivity index (χ2n) is 4.21. The van der Waals surface area contributed by atoms with Gasteiger partial charge in [-0.25, -0.2) is 0 Å². The SMILES string of the molecule is Cc1cc2c(-c3ccccc3)cccc2[cH-]1.[Cl-].[Cl-].[Hf]. The molecule has 3 aromatic carbocycles. The van der Waals surface area contributed by atoms with E-state index in [2.05, 4.69) is 67.6 Å². The third-order valence-corrected chi connectivity index (χ3v) is 2.98. The molecule has 0 spiro atoms. The van der Waals surface area contributed by atoms with Gasteiger partial charge in [0.05, 0.1) is 0 Å². The molecule has 0 aromatic heterocycles. The second-order valence-corrected chi connectivity index (χ2v) is 4.21. The van der Waals surface area contributed by atoms with Crippen LogP contribution in [0.5, 0.6) is 0 Å². The number of aryl methyl sites for hydroxylation is 1. The van der Waals surface area contributed by atoms with Gasteiger partial charge in [-0.3, -0.25) is 0 Å². The van der Waals surface area contributed by atoms with Crippen molar-refractivity contribution in [3.05, 3.63) is 66.2 Å². The molecule has 0 aliphatic carbocycles. The van der Waals surface area contributed by atoms with E-state index in [0.29, 0.717) is 0 Å². The largest absolute Gasteiger partial charge is 1.00 e. The van der Waals surface area contributed by atoms with Gasteiger partial charge in [-0.15, -0.1) is 34.5 Å². The molecule has 0 fully saturated rings. The van der Waals surface area contributed by atoms with Crippen molar-refractivity contribution in [3.8, 4) is 11.1 Å². The van der Waals surface area contributed by atoms with E-state index in [1.165, 1.54) is 27.5 Å². The van der Waals surface area contributed by atoms with Crippen molar-refractivity contribution in [2.75, 3.05) is 0 Å². The van der Waals surface area contributed by atoms with Gasteiger partial charge in [-0.05, 0) is 5.56 Å². The molecule has 0 N–H and O–H groups in total. The Morgan fingerprint density at radius 2 is 1.53 bits per heavy atom. The van der Waals surface area contributed by atoms with Gasteiger partial charge < -0.3 is 24.8 Å². The van der Waals surface area contributed by atoms with E-state index >= 15 is 0 Å². The third-order valence-electron chi connectivity index (χ3n) is 2.98. The van der Waals surface area contributed by atoms with Gasteiger partial charge in [0.1, 0.15) is 0 Å². The number of rotatable bonds is 1. The molecule has 0 aliphatic rings. The predicted molar refractivity (Wildman–Crippen MR) is 69.7 cm³/mol. The van der Waals surface area contributed by atoms with E-state index in [1.54, 1.807) is 0 Å². The Morgan fingerprint density at radius 3 is 2.21 bits per heavy atom. The Morgan fingerprint density at radius 1 is 0.842 bits per heavy atom. The van der Waals surface area contributed by atoms with Gasteiger partial charge in [0.25, 0.3) is 0 Å². The summed E-state index contributed by atoms with van der Waals surface area (Å²) in [6, 6.07) is 21.6. The van der Waals surface area contributed by atoms with Crippen LogP contribution in [0.2, 0.25) is 0 Å². The van der Waals surface area contributed by atoms with Gasteiger partial charge in [0.15, 0.2) is 0 Å². The molecule has 0 radical (unpaired) electrons. The maximum absolute atomic E-state index is 2.26. The Hall–Kier alpha value is -0.500. The fourth-order valence-electron chi connectivity index (χ4n) is 2.25. The van der Waals surface area contributed by atoms with Crippen molar-refractivity contribution in [2.45, 2.75) is 6.92 Å². The van der Waals surface area contributed by atoms with E-state index in [4.69, 9.17) is 0 Å². The van der Waals surface area contributed by atoms with Crippen LogP contribution in [0.25, 0.3) is 21.9 Å². The fraction of sp³-hybridized carbons (Fsp3) is 0.0625. The van der Waals surface area contributed by atoms with E-state index in [-0.39, 0.29) is 50.7 Å². The van der Waals surface area contributed by atoms with Gasteiger partial charge >= 0.3 is 0 Å². The minimum absolute atomic E-state index is 0. The first-order valence-electron chi connectivity index (χ1n) is 5.56.